The molecule has 92 valence electrons. The summed E-state index contributed by atoms with van der Waals surface area (Å²) >= 11 is 0. The normalized spacial score (nSPS) is 13.6. The molecule has 0 radical (unpaired) electrons. The van der Waals surface area contributed by atoms with Crippen molar-refractivity contribution < 1.29 is 14.6 Å². The molecule has 0 amide bonds. The van der Waals surface area contributed by atoms with Crippen LogP contribution in [0.25, 0.3) is 0 Å². The van der Waals surface area contributed by atoms with E-state index in [1.807, 2.05) is 13.0 Å². The van der Waals surface area contributed by atoms with Gasteiger partial charge in [0.15, 0.2) is 11.5 Å². The van der Waals surface area contributed by atoms with E-state index in [-0.39, 0.29) is 6.61 Å². The minimum absolute atomic E-state index is 0.186. The van der Waals surface area contributed by atoms with Crippen molar-refractivity contribution in [3.8, 4) is 17.6 Å². The van der Waals surface area contributed by atoms with Gasteiger partial charge in [-0.15, -0.1) is 0 Å². The van der Waals surface area contributed by atoms with Crippen LogP contribution in [0.4, 0.5) is 0 Å². The van der Waals surface area contributed by atoms with Gasteiger partial charge in [0.1, 0.15) is 6.61 Å². The molecule has 0 heterocycles. The molecule has 1 N–H and O–H groups in total. The minimum Gasteiger partial charge on any atom is -0.493 e. The van der Waals surface area contributed by atoms with Crippen LogP contribution in [0.3, 0.4) is 0 Å². The van der Waals surface area contributed by atoms with Gasteiger partial charge < -0.3 is 14.6 Å². The lowest BCUT2D eigenvalue weighted by Crippen LogP contribution is -2.31. The van der Waals surface area contributed by atoms with Crippen LogP contribution in [0.15, 0.2) is 18.2 Å². The molecule has 1 aromatic carbocycles. The van der Waals surface area contributed by atoms with Crippen molar-refractivity contribution in [2.45, 2.75) is 25.9 Å². The summed E-state index contributed by atoms with van der Waals surface area (Å²) in [7, 11) is 1.52. The van der Waals surface area contributed by atoms with E-state index in [9.17, 15) is 5.11 Å². The van der Waals surface area contributed by atoms with Crippen molar-refractivity contribution in [1.29, 1.82) is 5.26 Å². The van der Waals surface area contributed by atoms with Crippen molar-refractivity contribution in [3.63, 3.8) is 0 Å². The minimum atomic E-state index is -0.862. The number of nitriles is 1. The number of rotatable bonds is 5. The maximum atomic E-state index is 9.83. The average molecular weight is 235 g/mol. The highest BCUT2D eigenvalue weighted by Gasteiger charge is 2.19. The van der Waals surface area contributed by atoms with Crippen LogP contribution in [0.2, 0.25) is 0 Å². The molecule has 0 fully saturated rings. The first-order valence-corrected chi connectivity index (χ1v) is 5.45. The largest absolute Gasteiger partial charge is 0.493 e. The predicted octanol–water partition coefficient (Wildman–Crippen LogP) is 2.11. The van der Waals surface area contributed by atoms with Crippen molar-refractivity contribution in [1.82, 2.24) is 0 Å². The highest BCUT2D eigenvalue weighted by Crippen LogP contribution is 2.28. The van der Waals surface area contributed by atoms with Crippen LogP contribution < -0.4 is 9.47 Å². The Morgan fingerprint density at radius 3 is 2.65 bits per heavy atom. The van der Waals surface area contributed by atoms with E-state index in [4.69, 9.17) is 14.7 Å². The standard InChI is InChI=1S/C13H17NO3/c1-4-13(2,15)9-17-11-6-5-10(8-14)7-12(11)16-3/h5-7,15H,4,9H2,1-3H3. The van der Waals surface area contributed by atoms with Crippen LogP contribution in [0, 0.1) is 11.3 Å². The lowest BCUT2D eigenvalue weighted by molar-refractivity contribution is 0.00775. The lowest BCUT2D eigenvalue weighted by atomic mass is 10.1. The highest BCUT2D eigenvalue weighted by molar-refractivity contribution is 5.46. The van der Waals surface area contributed by atoms with Gasteiger partial charge in [-0.3, -0.25) is 0 Å². The molecule has 1 unspecified atom stereocenters. The van der Waals surface area contributed by atoms with Gasteiger partial charge in [-0.25, -0.2) is 0 Å². The van der Waals surface area contributed by atoms with Gasteiger partial charge in [0, 0.05) is 6.07 Å². The molecule has 17 heavy (non-hydrogen) atoms. The zero-order chi connectivity index (χ0) is 12.9. The topological polar surface area (TPSA) is 62.5 Å². The van der Waals surface area contributed by atoms with Gasteiger partial charge in [0.05, 0.1) is 24.3 Å². The Bertz CT molecular complexity index is 421. The summed E-state index contributed by atoms with van der Waals surface area (Å²) in [5.41, 5.74) is -0.352. The fourth-order valence-corrected chi connectivity index (χ4v) is 1.19. The SMILES string of the molecule is CCC(C)(O)COc1ccc(C#N)cc1OC. The molecule has 0 saturated carbocycles. The summed E-state index contributed by atoms with van der Waals surface area (Å²) in [6.07, 6.45) is 0.603. The van der Waals surface area contributed by atoms with Crippen LogP contribution >= 0.6 is 0 Å². The third kappa shape index (κ3) is 3.65. The predicted molar refractivity (Wildman–Crippen MR) is 64.1 cm³/mol. The van der Waals surface area contributed by atoms with E-state index in [1.165, 1.54) is 7.11 Å². The van der Waals surface area contributed by atoms with Gasteiger partial charge in [0.25, 0.3) is 0 Å². The van der Waals surface area contributed by atoms with Crippen LogP contribution in [0.1, 0.15) is 25.8 Å². The second-order valence-electron chi connectivity index (χ2n) is 4.12. The van der Waals surface area contributed by atoms with E-state index in [0.29, 0.717) is 23.5 Å². The van der Waals surface area contributed by atoms with Gasteiger partial charge >= 0.3 is 0 Å². The van der Waals surface area contributed by atoms with E-state index in [1.54, 1.807) is 25.1 Å². The molecule has 4 heteroatoms. The molecule has 0 aliphatic carbocycles. The summed E-state index contributed by atoms with van der Waals surface area (Å²) in [5.74, 6) is 1.02. The van der Waals surface area contributed by atoms with Crippen LogP contribution in [-0.4, -0.2) is 24.4 Å². The van der Waals surface area contributed by atoms with E-state index < -0.39 is 5.60 Å². The second-order valence-corrected chi connectivity index (χ2v) is 4.12. The fourth-order valence-electron chi connectivity index (χ4n) is 1.19. The molecule has 1 atom stereocenters. The van der Waals surface area contributed by atoms with E-state index >= 15 is 0 Å². The number of hydrogen-bond acceptors (Lipinski definition) is 4. The zero-order valence-corrected chi connectivity index (χ0v) is 10.4. The number of methoxy groups -OCH3 is 1. The molecule has 4 nitrogen and oxygen atoms in total. The number of nitrogens with zero attached hydrogens (tertiary/aromatic N) is 1. The van der Waals surface area contributed by atoms with Gasteiger partial charge in [-0.1, -0.05) is 6.92 Å². The molecule has 0 saturated heterocycles. The first-order valence-electron chi connectivity index (χ1n) is 5.45. The molecule has 0 aliphatic heterocycles. The van der Waals surface area contributed by atoms with Gasteiger partial charge in [-0.05, 0) is 25.5 Å². The molecule has 0 bridgehead atoms. The molecule has 0 aliphatic rings. The average Bonchev–Trinajstić information content (AvgIpc) is 2.36. The fraction of sp³-hybridized carbons (Fsp3) is 0.462. The Labute approximate surface area is 101 Å². The highest BCUT2D eigenvalue weighted by atomic mass is 16.5. The third-order valence-electron chi connectivity index (χ3n) is 2.59. The summed E-state index contributed by atoms with van der Waals surface area (Å²) < 4.78 is 10.6. The first-order chi connectivity index (χ1) is 8.02. The monoisotopic (exact) mass is 235 g/mol. The van der Waals surface area contributed by atoms with E-state index in [2.05, 4.69) is 0 Å². The Kier molecular flexibility index (Phi) is 4.36. The smallest absolute Gasteiger partial charge is 0.162 e. The van der Waals surface area contributed by atoms with Crippen molar-refractivity contribution in [2.75, 3.05) is 13.7 Å². The number of benzene rings is 1. The maximum Gasteiger partial charge on any atom is 0.162 e. The summed E-state index contributed by atoms with van der Waals surface area (Å²) in [4.78, 5) is 0. The summed E-state index contributed by atoms with van der Waals surface area (Å²) in [6.45, 7) is 3.79. The third-order valence-corrected chi connectivity index (χ3v) is 2.59. The molecule has 0 aromatic heterocycles. The van der Waals surface area contributed by atoms with Crippen molar-refractivity contribution in [3.05, 3.63) is 23.8 Å². The Morgan fingerprint density at radius 2 is 2.12 bits per heavy atom. The number of hydrogen-bond donors (Lipinski definition) is 1. The van der Waals surface area contributed by atoms with Crippen molar-refractivity contribution in [2.24, 2.45) is 0 Å². The number of ether oxygens (including phenoxy) is 2. The van der Waals surface area contributed by atoms with Crippen LogP contribution in [0.5, 0.6) is 11.5 Å². The van der Waals surface area contributed by atoms with Gasteiger partial charge in [0.2, 0.25) is 0 Å². The van der Waals surface area contributed by atoms with Gasteiger partial charge in [-0.2, -0.15) is 5.26 Å². The maximum absolute atomic E-state index is 9.83. The molecular formula is C13H17NO3. The summed E-state index contributed by atoms with van der Waals surface area (Å²) in [6, 6.07) is 6.96. The molecule has 1 aromatic rings. The Hall–Kier alpha value is -1.73. The second kappa shape index (κ2) is 5.55. The molecule has 1 rings (SSSR count). The van der Waals surface area contributed by atoms with Crippen molar-refractivity contribution >= 4 is 0 Å². The lowest BCUT2D eigenvalue weighted by Gasteiger charge is -2.22. The molecular weight excluding hydrogens is 218 g/mol. The molecule has 0 spiro atoms. The number of aliphatic hydroxyl groups is 1. The van der Waals surface area contributed by atoms with E-state index in [0.717, 1.165) is 0 Å². The Balaban J connectivity index is 2.82. The summed E-state index contributed by atoms with van der Waals surface area (Å²) in [5, 5.41) is 18.6. The van der Waals surface area contributed by atoms with Crippen LogP contribution in [-0.2, 0) is 0 Å². The zero-order valence-electron chi connectivity index (χ0n) is 10.4. The Morgan fingerprint density at radius 1 is 1.41 bits per heavy atom. The first kappa shape index (κ1) is 13.3. The quantitative estimate of drug-likeness (QED) is 0.849.